The average molecular weight is 346 g/mol. The summed E-state index contributed by atoms with van der Waals surface area (Å²) in [4.78, 5) is 24.3. The van der Waals surface area contributed by atoms with Gasteiger partial charge in [-0.05, 0) is 44.1 Å². The van der Waals surface area contributed by atoms with Crippen LogP contribution in [0.25, 0.3) is 0 Å². The molecule has 138 valence electrons. The van der Waals surface area contributed by atoms with E-state index in [9.17, 15) is 9.59 Å². The number of carbonyl (C=O) groups is 2. The second kappa shape index (κ2) is 10.9. The Bertz CT molecular complexity index is 525. The largest absolute Gasteiger partial charge is 0.383 e. The smallest absolute Gasteiger partial charge is 0.223 e. The standard InChI is InChI=1S/C20H30N2O3/c1-25-15-14-22-20(24)18-11-9-17(10-12-18)19(23)21-13-5-8-16-6-3-2-4-7-16/h2-4,6-7,17-18H,5,8-15H2,1H3,(H,21,23)(H,22,24). The van der Waals surface area contributed by atoms with Crippen molar-refractivity contribution in [3.8, 4) is 0 Å². The van der Waals surface area contributed by atoms with Gasteiger partial charge in [-0.2, -0.15) is 0 Å². The first-order valence-corrected chi connectivity index (χ1v) is 9.29. The maximum Gasteiger partial charge on any atom is 0.223 e. The Morgan fingerprint density at radius 3 is 2.08 bits per heavy atom. The molecule has 1 saturated carbocycles. The molecule has 0 bridgehead atoms. The summed E-state index contributed by atoms with van der Waals surface area (Å²) >= 11 is 0. The topological polar surface area (TPSA) is 67.4 Å². The molecule has 0 radical (unpaired) electrons. The predicted octanol–water partition coefficient (Wildman–Crippen LogP) is 2.30. The first-order chi connectivity index (χ1) is 12.2. The van der Waals surface area contributed by atoms with Crippen LogP contribution in [-0.2, 0) is 20.7 Å². The van der Waals surface area contributed by atoms with Crippen molar-refractivity contribution in [2.24, 2.45) is 11.8 Å². The van der Waals surface area contributed by atoms with Gasteiger partial charge in [-0.1, -0.05) is 30.3 Å². The van der Waals surface area contributed by atoms with Crippen molar-refractivity contribution < 1.29 is 14.3 Å². The summed E-state index contributed by atoms with van der Waals surface area (Å²) in [6, 6.07) is 10.3. The van der Waals surface area contributed by atoms with Crippen molar-refractivity contribution in [2.45, 2.75) is 38.5 Å². The van der Waals surface area contributed by atoms with Gasteiger partial charge in [-0.25, -0.2) is 0 Å². The third-order valence-corrected chi connectivity index (χ3v) is 4.86. The van der Waals surface area contributed by atoms with Crippen LogP contribution >= 0.6 is 0 Å². The highest BCUT2D eigenvalue weighted by Crippen LogP contribution is 2.29. The van der Waals surface area contributed by atoms with Gasteiger partial charge in [-0.3, -0.25) is 9.59 Å². The molecule has 1 aromatic carbocycles. The number of benzene rings is 1. The fraction of sp³-hybridized carbons (Fsp3) is 0.600. The van der Waals surface area contributed by atoms with Crippen LogP contribution in [-0.4, -0.2) is 38.6 Å². The molecule has 25 heavy (non-hydrogen) atoms. The van der Waals surface area contributed by atoms with Crippen molar-refractivity contribution in [1.29, 1.82) is 0 Å². The van der Waals surface area contributed by atoms with Gasteiger partial charge in [0.1, 0.15) is 0 Å². The van der Waals surface area contributed by atoms with Crippen molar-refractivity contribution >= 4 is 11.8 Å². The highest BCUT2D eigenvalue weighted by atomic mass is 16.5. The van der Waals surface area contributed by atoms with Gasteiger partial charge in [0.15, 0.2) is 0 Å². The van der Waals surface area contributed by atoms with Crippen molar-refractivity contribution in [1.82, 2.24) is 10.6 Å². The Balaban J connectivity index is 1.60. The average Bonchev–Trinajstić information content (AvgIpc) is 2.66. The van der Waals surface area contributed by atoms with Crippen LogP contribution in [0.2, 0.25) is 0 Å². The first-order valence-electron chi connectivity index (χ1n) is 9.29. The number of aryl methyl sites for hydroxylation is 1. The van der Waals surface area contributed by atoms with Crippen LogP contribution < -0.4 is 10.6 Å². The van der Waals surface area contributed by atoms with E-state index in [1.807, 2.05) is 18.2 Å². The zero-order valence-corrected chi connectivity index (χ0v) is 15.1. The molecule has 0 heterocycles. The number of hydrogen-bond donors (Lipinski definition) is 2. The molecule has 0 aromatic heterocycles. The van der Waals surface area contributed by atoms with E-state index in [0.29, 0.717) is 19.7 Å². The van der Waals surface area contributed by atoms with E-state index in [1.165, 1.54) is 5.56 Å². The maximum atomic E-state index is 12.3. The minimum Gasteiger partial charge on any atom is -0.383 e. The second-order valence-corrected chi connectivity index (χ2v) is 6.71. The van der Waals surface area contributed by atoms with Crippen LogP contribution in [0, 0.1) is 11.8 Å². The molecule has 1 aliphatic carbocycles. The summed E-state index contributed by atoms with van der Waals surface area (Å²) < 4.78 is 4.94. The number of ether oxygens (including phenoxy) is 1. The Morgan fingerprint density at radius 1 is 0.960 bits per heavy atom. The molecule has 5 nitrogen and oxygen atoms in total. The Labute approximate surface area is 150 Å². The Hall–Kier alpha value is -1.88. The van der Waals surface area contributed by atoms with Crippen molar-refractivity contribution in [3.05, 3.63) is 35.9 Å². The quantitative estimate of drug-likeness (QED) is 0.674. The van der Waals surface area contributed by atoms with E-state index in [2.05, 4.69) is 22.8 Å². The number of amides is 2. The zero-order chi connectivity index (χ0) is 17.9. The second-order valence-electron chi connectivity index (χ2n) is 6.71. The van der Waals surface area contributed by atoms with Crippen LogP contribution in [0.4, 0.5) is 0 Å². The zero-order valence-electron chi connectivity index (χ0n) is 15.1. The molecule has 5 heteroatoms. The lowest BCUT2D eigenvalue weighted by molar-refractivity contribution is -0.130. The molecule has 0 aliphatic heterocycles. The molecule has 1 aliphatic rings. The SMILES string of the molecule is COCCNC(=O)C1CCC(C(=O)NCCCc2ccccc2)CC1. The fourth-order valence-corrected chi connectivity index (χ4v) is 3.33. The Kier molecular flexibility index (Phi) is 8.46. The van der Waals surface area contributed by atoms with E-state index in [-0.39, 0.29) is 23.7 Å². The van der Waals surface area contributed by atoms with E-state index in [4.69, 9.17) is 4.74 Å². The van der Waals surface area contributed by atoms with Gasteiger partial charge in [0, 0.05) is 32.0 Å². The summed E-state index contributed by atoms with van der Waals surface area (Å²) in [7, 11) is 1.62. The summed E-state index contributed by atoms with van der Waals surface area (Å²) in [5.41, 5.74) is 1.30. The summed E-state index contributed by atoms with van der Waals surface area (Å²) in [6.07, 6.45) is 5.12. The van der Waals surface area contributed by atoms with E-state index < -0.39 is 0 Å². The summed E-state index contributed by atoms with van der Waals surface area (Å²) in [5, 5.41) is 5.94. The van der Waals surface area contributed by atoms with Crippen LogP contribution in [0.5, 0.6) is 0 Å². The first kappa shape index (κ1) is 19.4. The lowest BCUT2D eigenvalue weighted by atomic mass is 9.81. The maximum absolute atomic E-state index is 12.3. The third-order valence-electron chi connectivity index (χ3n) is 4.86. The lowest BCUT2D eigenvalue weighted by Gasteiger charge is -2.27. The number of carbonyl (C=O) groups excluding carboxylic acids is 2. The molecular formula is C20H30N2O3. The fourth-order valence-electron chi connectivity index (χ4n) is 3.33. The van der Waals surface area contributed by atoms with Gasteiger partial charge >= 0.3 is 0 Å². The number of methoxy groups -OCH3 is 1. The molecule has 2 amide bonds. The van der Waals surface area contributed by atoms with Crippen LogP contribution in [0.1, 0.15) is 37.7 Å². The molecule has 0 saturated heterocycles. The van der Waals surface area contributed by atoms with Crippen LogP contribution in [0.15, 0.2) is 30.3 Å². The molecule has 1 aromatic rings. The van der Waals surface area contributed by atoms with Gasteiger partial charge in [0.2, 0.25) is 11.8 Å². The molecule has 0 atom stereocenters. The van der Waals surface area contributed by atoms with E-state index in [1.54, 1.807) is 7.11 Å². The van der Waals surface area contributed by atoms with Crippen molar-refractivity contribution in [2.75, 3.05) is 26.8 Å². The number of nitrogens with one attached hydrogen (secondary N) is 2. The minimum absolute atomic E-state index is 0.0407. The molecule has 0 unspecified atom stereocenters. The number of rotatable bonds is 9. The van der Waals surface area contributed by atoms with Gasteiger partial charge in [-0.15, -0.1) is 0 Å². The van der Waals surface area contributed by atoms with E-state index in [0.717, 1.165) is 38.5 Å². The van der Waals surface area contributed by atoms with Gasteiger partial charge in [0.25, 0.3) is 0 Å². The molecule has 2 N–H and O–H groups in total. The molecular weight excluding hydrogens is 316 g/mol. The highest BCUT2D eigenvalue weighted by molar-refractivity contribution is 5.81. The molecule has 0 spiro atoms. The van der Waals surface area contributed by atoms with Gasteiger partial charge in [0.05, 0.1) is 6.61 Å². The molecule has 1 fully saturated rings. The minimum atomic E-state index is 0.0407. The summed E-state index contributed by atoms with van der Waals surface area (Å²) in [5.74, 6) is 0.337. The highest BCUT2D eigenvalue weighted by Gasteiger charge is 2.29. The van der Waals surface area contributed by atoms with Gasteiger partial charge < -0.3 is 15.4 Å². The molecule has 2 rings (SSSR count). The monoisotopic (exact) mass is 346 g/mol. The Morgan fingerprint density at radius 2 is 1.52 bits per heavy atom. The normalized spacial score (nSPS) is 20.0. The van der Waals surface area contributed by atoms with Crippen LogP contribution in [0.3, 0.4) is 0 Å². The van der Waals surface area contributed by atoms with E-state index >= 15 is 0 Å². The lowest BCUT2D eigenvalue weighted by Crippen LogP contribution is -2.38. The summed E-state index contributed by atoms with van der Waals surface area (Å²) in [6.45, 7) is 1.80. The van der Waals surface area contributed by atoms with Crippen molar-refractivity contribution in [3.63, 3.8) is 0 Å². The predicted molar refractivity (Wildman–Crippen MR) is 98.1 cm³/mol. The third kappa shape index (κ3) is 6.86. The number of hydrogen-bond acceptors (Lipinski definition) is 3.